The Labute approximate surface area is 174 Å². The van der Waals surface area contributed by atoms with Crippen LogP contribution in [0.1, 0.15) is 61.8 Å². The van der Waals surface area contributed by atoms with E-state index in [1.165, 1.54) is 4.88 Å². The largest absolute Gasteiger partial charge is 0.465 e. The molecule has 0 unspecified atom stereocenters. The normalized spacial score (nSPS) is 22.0. The molecular formula is C23H25NO4S. The number of hydrogen-bond acceptors (Lipinski definition) is 6. The minimum Gasteiger partial charge on any atom is -0.465 e. The number of aryl methyl sites for hydroxylation is 1. The van der Waals surface area contributed by atoms with Crippen LogP contribution in [0.4, 0.5) is 0 Å². The van der Waals surface area contributed by atoms with Gasteiger partial charge in [0, 0.05) is 34.2 Å². The van der Waals surface area contributed by atoms with E-state index in [2.05, 4.69) is 11.4 Å². The van der Waals surface area contributed by atoms with Gasteiger partial charge >= 0.3 is 5.97 Å². The highest BCUT2D eigenvalue weighted by Gasteiger charge is 2.43. The molecule has 1 N–H and O–H groups in total. The van der Waals surface area contributed by atoms with E-state index in [-0.39, 0.29) is 17.8 Å². The van der Waals surface area contributed by atoms with Crippen molar-refractivity contribution in [2.45, 2.75) is 58.5 Å². The number of ketones is 1. The second-order valence-corrected chi connectivity index (χ2v) is 8.91. The van der Waals surface area contributed by atoms with Crippen molar-refractivity contribution in [1.29, 1.82) is 0 Å². The molecule has 3 heterocycles. The molecule has 0 saturated carbocycles. The minimum absolute atomic E-state index is 0.0542. The van der Waals surface area contributed by atoms with Gasteiger partial charge in [-0.15, -0.1) is 11.3 Å². The van der Waals surface area contributed by atoms with Crippen molar-refractivity contribution in [2.24, 2.45) is 0 Å². The number of hydrogen-bond donors (Lipinski definition) is 1. The van der Waals surface area contributed by atoms with E-state index in [0.29, 0.717) is 29.0 Å². The molecule has 0 spiro atoms. The zero-order valence-corrected chi connectivity index (χ0v) is 17.9. The summed E-state index contributed by atoms with van der Waals surface area (Å²) in [5.41, 5.74) is 2.69. The van der Waals surface area contributed by atoms with Crippen molar-refractivity contribution in [2.75, 3.05) is 0 Å². The van der Waals surface area contributed by atoms with Gasteiger partial charge in [-0.1, -0.05) is 6.07 Å². The summed E-state index contributed by atoms with van der Waals surface area (Å²) in [5.74, 6) is 0.610. The lowest BCUT2D eigenvalue weighted by molar-refractivity contribution is -0.143. The van der Waals surface area contributed by atoms with Gasteiger partial charge < -0.3 is 14.5 Å². The van der Waals surface area contributed by atoms with Gasteiger partial charge in [0.15, 0.2) is 5.78 Å². The number of Topliss-reactive ketones (excluding diaryl/α,β-unsaturated/α-hetero) is 1. The van der Waals surface area contributed by atoms with Gasteiger partial charge in [-0.25, -0.2) is 4.79 Å². The van der Waals surface area contributed by atoms with Crippen molar-refractivity contribution >= 4 is 23.1 Å². The summed E-state index contributed by atoms with van der Waals surface area (Å²) in [5, 5.41) is 5.39. The molecule has 1 aliphatic carbocycles. The van der Waals surface area contributed by atoms with Crippen molar-refractivity contribution in [1.82, 2.24) is 5.32 Å². The standard InChI is InChI=1S/C23H25NO4S/c1-12(2)27-23(26)20-14(4)24-16-10-15(19-6-5-9-29-19)11-17(25)21(16)22(20)18-8-7-13(3)28-18/h5-9,12,15,22,24H,10-11H2,1-4H3/t15-,22+/m0/s1. The van der Waals surface area contributed by atoms with Crippen molar-refractivity contribution in [3.05, 3.63) is 68.6 Å². The van der Waals surface area contributed by atoms with E-state index in [1.807, 2.05) is 51.3 Å². The summed E-state index contributed by atoms with van der Waals surface area (Å²) in [7, 11) is 0. The lowest BCUT2D eigenvalue weighted by Gasteiger charge is -2.35. The topological polar surface area (TPSA) is 68.5 Å². The number of carbonyl (C=O) groups excluding carboxylic acids is 2. The van der Waals surface area contributed by atoms with Crippen molar-refractivity contribution in [3.63, 3.8) is 0 Å². The third-order valence-corrected chi connectivity index (χ3v) is 6.42. The first-order valence-corrected chi connectivity index (χ1v) is 10.8. The average molecular weight is 412 g/mol. The minimum atomic E-state index is -0.539. The van der Waals surface area contributed by atoms with E-state index in [1.54, 1.807) is 11.3 Å². The van der Waals surface area contributed by atoms with Crippen LogP contribution >= 0.6 is 11.3 Å². The molecule has 2 aromatic rings. The fourth-order valence-electron chi connectivity index (χ4n) is 4.21. The fourth-order valence-corrected chi connectivity index (χ4v) is 5.04. The van der Waals surface area contributed by atoms with Crippen LogP contribution < -0.4 is 5.32 Å². The van der Waals surface area contributed by atoms with Crippen LogP contribution in [0, 0.1) is 6.92 Å². The molecule has 5 nitrogen and oxygen atoms in total. The van der Waals surface area contributed by atoms with Crippen molar-refractivity contribution < 1.29 is 18.7 Å². The van der Waals surface area contributed by atoms with Crippen LogP contribution in [-0.4, -0.2) is 17.9 Å². The number of furan rings is 1. The Bertz CT molecular complexity index is 1010. The predicted molar refractivity (Wildman–Crippen MR) is 112 cm³/mol. The molecule has 0 bridgehead atoms. The summed E-state index contributed by atoms with van der Waals surface area (Å²) in [6, 6.07) is 7.81. The summed E-state index contributed by atoms with van der Waals surface area (Å²) in [6.45, 7) is 7.36. The molecule has 0 saturated heterocycles. The van der Waals surface area contributed by atoms with Crippen LogP contribution in [0.25, 0.3) is 0 Å². The first kappa shape index (κ1) is 19.7. The molecule has 152 valence electrons. The number of allylic oxidation sites excluding steroid dienone is 3. The number of esters is 1. The maximum Gasteiger partial charge on any atom is 0.337 e. The van der Waals surface area contributed by atoms with Crippen LogP contribution in [0.5, 0.6) is 0 Å². The molecule has 2 atom stereocenters. The molecule has 29 heavy (non-hydrogen) atoms. The number of nitrogens with one attached hydrogen (secondary N) is 1. The van der Waals surface area contributed by atoms with E-state index < -0.39 is 11.9 Å². The van der Waals surface area contributed by atoms with Gasteiger partial charge in [-0.2, -0.15) is 0 Å². The zero-order valence-electron chi connectivity index (χ0n) is 17.1. The molecule has 2 aromatic heterocycles. The Morgan fingerprint density at radius 2 is 2.03 bits per heavy atom. The van der Waals surface area contributed by atoms with Gasteiger partial charge in [0.25, 0.3) is 0 Å². The van der Waals surface area contributed by atoms with Gasteiger partial charge in [0.1, 0.15) is 11.5 Å². The zero-order chi connectivity index (χ0) is 20.7. The van der Waals surface area contributed by atoms with Gasteiger partial charge in [-0.05, 0) is 57.7 Å². The van der Waals surface area contributed by atoms with Gasteiger partial charge in [-0.3, -0.25) is 4.79 Å². The maximum atomic E-state index is 13.3. The predicted octanol–water partition coefficient (Wildman–Crippen LogP) is 4.96. The second-order valence-electron chi connectivity index (χ2n) is 7.94. The summed E-state index contributed by atoms with van der Waals surface area (Å²) in [6.07, 6.45) is 0.923. The molecule has 0 fully saturated rings. The first-order valence-electron chi connectivity index (χ1n) is 9.90. The second kappa shape index (κ2) is 7.67. The monoisotopic (exact) mass is 411 g/mol. The van der Waals surface area contributed by atoms with Crippen molar-refractivity contribution in [3.8, 4) is 0 Å². The average Bonchev–Trinajstić information content (AvgIpc) is 3.31. The molecule has 2 aliphatic rings. The van der Waals surface area contributed by atoms with Crippen LogP contribution in [0.15, 0.2) is 56.6 Å². The summed E-state index contributed by atoms with van der Waals surface area (Å²) < 4.78 is 11.4. The Balaban J connectivity index is 1.79. The lowest BCUT2D eigenvalue weighted by Crippen LogP contribution is -2.36. The highest BCUT2D eigenvalue weighted by Crippen LogP contribution is 2.46. The van der Waals surface area contributed by atoms with Crippen LogP contribution in [0.2, 0.25) is 0 Å². The van der Waals surface area contributed by atoms with Gasteiger partial charge in [0.2, 0.25) is 0 Å². The molecule has 1 aliphatic heterocycles. The van der Waals surface area contributed by atoms with E-state index in [4.69, 9.17) is 9.15 Å². The third-order valence-electron chi connectivity index (χ3n) is 5.38. The number of rotatable bonds is 4. The molecule has 4 rings (SSSR count). The molecule has 0 radical (unpaired) electrons. The molecule has 0 amide bonds. The highest BCUT2D eigenvalue weighted by molar-refractivity contribution is 7.10. The van der Waals surface area contributed by atoms with Crippen LogP contribution in [-0.2, 0) is 14.3 Å². The smallest absolute Gasteiger partial charge is 0.337 e. The molecule has 0 aromatic carbocycles. The number of dihydropyridines is 1. The Hall–Kier alpha value is -2.60. The summed E-state index contributed by atoms with van der Waals surface area (Å²) >= 11 is 1.68. The molecular weight excluding hydrogens is 386 g/mol. The van der Waals surface area contributed by atoms with Crippen LogP contribution in [0.3, 0.4) is 0 Å². The Morgan fingerprint density at radius 1 is 1.24 bits per heavy atom. The third kappa shape index (κ3) is 3.69. The Morgan fingerprint density at radius 3 is 2.66 bits per heavy atom. The quantitative estimate of drug-likeness (QED) is 0.720. The number of thiophene rings is 1. The maximum absolute atomic E-state index is 13.3. The lowest BCUT2D eigenvalue weighted by atomic mass is 9.74. The highest BCUT2D eigenvalue weighted by atomic mass is 32.1. The fraction of sp³-hybridized carbons (Fsp3) is 0.391. The molecule has 6 heteroatoms. The van der Waals surface area contributed by atoms with E-state index in [9.17, 15) is 9.59 Å². The Kier molecular flexibility index (Phi) is 5.21. The number of carbonyl (C=O) groups is 2. The first-order chi connectivity index (χ1) is 13.8. The SMILES string of the molecule is CC1=C(C(=O)OC(C)C)[C@@H](c2ccc(C)o2)C2=C(C[C@H](c3cccs3)CC2=O)N1. The van der Waals surface area contributed by atoms with E-state index >= 15 is 0 Å². The van der Waals surface area contributed by atoms with E-state index in [0.717, 1.165) is 17.9 Å². The van der Waals surface area contributed by atoms with Gasteiger partial charge in [0.05, 0.1) is 17.6 Å². The summed E-state index contributed by atoms with van der Waals surface area (Å²) in [4.78, 5) is 27.5. The number of ether oxygens (including phenoxy) is 1.